The Hall–Kier alpha value is -3.50. The summed E-state index contributed by atoms with van der Waals surface area (Å²) in [7, 11) is 0. The summed E-state index contributed by atoms with van der Waals surface area (Å²) in [5, 5.41) is 4.36. The number of halogens is 4. The molecule has 0 spiro atoms. The summed E-state index contributed by atoms with van der Waals surface area (Å²) in [4.78, 5) is 21.4. The van der Waals surface area contributed by atoms with Crippen LogP contribution in [-0.4, -0.2) is 19.6 Å². The molecule has 6 nitrogen and oxygen atoms in total. The highest BCUT2D eigenvalue weighted by Crippen LogP contribution is 2.36. The van der Waals surface area contributed by atoms with E-state index in [0.29, 0.717) is 15.3 Å². The molecular weight excluding hydrogens is 465 g/mol. The molecule has 160 valence electrons. The molecule has 0 atom stereocenters. The Morgan fingerprint density at radius 1 is 1.09 bits per heavy atom. The van der Waals surface area contributed by atoms with Gasteiger partial charge in [-0.15, -0.1) is 5.10 Å². The summed E-state index contributed by atoms with van der Waals surface area (Å²) in [5.41, 5.74) is -0.383. The molecule has 4 heterocycles. The van der Waals surface area contributed by atoms with Crippen LogP contribution in [0, 0.1) is 0 Å². The van der Waals surface area contributed by atoms with Gasteiger partial charge in [-0.1, -0.05) is 22.9 Å². The number of hydrogen-bond acceptors (Lipinski definition) is 6. The fourth-order valence-corrected chi connectivity index (χ4v) is 4.15. The SMILES string of the molecule is O=c1/c(=C/c2ccc(-c3cc(C(F)(F)F)ccc3Cl)o2)sc2nc(-c3ccncc3)nn12. The van der Waals surface area contributed by atoms with Crippen molar-refractivity contribution < 1.29 is 17.6 Å². The van der Waals surface area contributed by atoms with E-state index in [2.05, 4.69) is 15.1 Å². The van der Waals surface area contributed by atoms with Crippen LogP contribution in [0.3, 0.4) is 0 Å². The normalized spacial score (nSPS) is 12.7. The number of benzene rings is 1. The third-order valence-corrected chi connectivity index (χ3v) is 5.87. The first-order valence-electron chi connectivity index (χ1n) is 9.08. The minimum Gasteiger partial charge on any atom is -0.457 e. The lowest BCUT2D eigenvalue weighted by atomic mass is 10.1. The molecule has 32 heavy (non-hydrogen) atoms. The van der Waals surface area contributed by atoms with Crippen LogP contribution < -0.4 is 10.1 Å². The molecule has 0 bridgehead atoms. The van der Waals surface area contributed by atoms with Gasteiger partial charge in [-0.2, -0.15) is 22.7 Å². The third-order valence-electron chi connectivity index (χ3n) is 4.58. The lowest BCUT2D eigenvalue weighted by molar-refractivity contribution is -0.137. The van der Waals surface area contributed by atoms with Crippen molar-refractivity contribution in [2.45, 2.75) is 6.18 Å². The van der Waals surface area contributed by atoms with E-state index in [9.17, 15) is 18.0 Å². The number of alkyl halides is 3. The number of furan rings is 1. The maximum atomic E-state index is 13.0. The summed E-state index contributed by atoms with van der Waals surface area (Å²) in [6.45, 7) is 0. The van der Waals surface area contributed by atoms with Gasteiger partial charge >= 0.3 is 6.18 Å². The molecule has 0 aliphatic heterocycles. The average Bonchev–Trinajstić information content (AvgIpc) is 3.46. The molecule has 0 N–H and O–H groups in total. The van der Waals surface area contributed by atoms with Gasteiger partial charge in [0.25, 0.3) is 5.56 Å². The van der Waals surface area contributed by atoms with E-state index in [1.165, 1.54) is 22.7 Å². The minimum absolute atomic E-state index is 0.105. The van der Waals surface area contributed by atoms with Crippen molar-refractivity contribution in [1.82, 2.24) is 19.6 Å². The van der Waals surface area contributed by atoms with Crippen molar-refractivity contribution in [2.24, 2.45) is 0 Å². The van der Waals surface area contributed by atoms with E-state index >= 15 is 0 Å². The van der Waals surface area contributed by atoms with E-state index in [-0.39, 0.29) is 27.7 Å². The molecule has 0 radical (unpaired) electrons. The number of pyridine rings is 1. The van der Waals surface area contributed by atoms with Crippen molar-refractivity contribution >= 4 is 34.0 Å². The Morgan fingerprint density at radius 3 is 2.59 bits per heavy atom. The average molecular weight is 475 g/mol. The zero-order valence-electron chi connectivity index (χ0n) is 15.8. The second-order valence-electron chi connectivity index (χ2n) is 6.68. The van der Waals surface area contributed by atoms with Gasteiger partial charge in [-0.25, -0.2) is 0 Å². The fourth-order valence-electron chi connectivity index (χ4n) is 3.05. The number of aromatic nitrogens is 4. The van der Waals surface area contributed by atoms with Gasteiger partial charge in [0.2, 0.25) is 4.96 Å². The maximum absolute atomic E-state index is 13.0. The van der Waals surface area contributed by atoms with Crippen LogP contribution in [0.4, 0.5) is 13.2 Å². The first-order chi connectivity index (χ1) is 15.3. The van der Waals surface area contributed by atoms with Crippen molar-refractivity contribution in [3.05, 3.63) is 86.1 Å². The molecule has 0 aliphatic carbocycles. The van der Waals surface area contributed by atoms with Crippen LogP contribution in [0.1, 0.15) is 11.3 Å². The Labute approximate surface area is 186 Å². The van der Waals surface area contributed by atoms with Crippen LogP contribution in [0.2, 0.25) is 5.02 Å². The number of hydrogen-bond donors (Lipinski definition) is 0. The second kappa shape index (κ2) is 7.57. The first kappa shape index (κ1) is 20.4. The van der Waals surface area contributed by atoms with Gasteiger partial charge in [0.1, 0.15) is 16.1 Å². The van der Waals surface area contributed by atoms with Crippen LogP contribution in [0.15, 0.2) is 64.1 Å². The highest BCUT2D eigenvalue weighted by atomic mass is 35.5. The summed E-state index contributed by atoms with van der Waals surface area (Å²) in [5.74, 6) is 0.838. The van der Waals surface area contributed by atoms with Crippen LogP contribution in [-0.2, 0) is 6.18 Å². The first-order valence-corrected chi connectivity index (χ1v) is 10.3. The summed E-state index contributed by atoms with van der Waals surface area (Å²) >= 11 is 7.19. The maximum Gasteiger partial charge on any atom is 0.416 e. The van der Waals surface area contributed by atoms with Gasteiger partial charge in [-0.05, 0) is 42.5 Å². The standard InChI is InChI=1S/C21H10ClF3N4O2S/c22-15-3-1-12(21(23,24)25)9-14(15)16-4-2-13(31-16)10-17-19(30)29-20(32-17)27-18(28-29)11-5-7-26-8-6-11/h1-10H/b17-10-. The molecule has 11 heteroatoms. The van der Waals surface area contributed by atoms with Crippen molar-refractivity contribution in [2.75, 3.05) is 0 Å². The molecule has 0 unspecified atom stereocenters. The highest BCUT2D eigenvalue weighted by molar-refractivity contribution is 7.15. The van der Waals surface area contributed by atoms with Crippen LogP contribution in [0.25, 0.3) is 33.7 Å². The summed E-state index contributed by atoms with van der Waals surface area (Å²) < 4.78 is 46.2. The van der Waals surface area contributed by atoms with E-state index < -0.39 is 11.7 Å². The topological polar surface area (TPSA) is 73.3 Å². The highest BCUT2D eigenvalue weighted by Gasteiger charge is 2.31. The monoisotopic (exact) mass is 474 g/mol. The fraction of sp³-hybridized carbons (Fsp3) is 0.0476. The molecule has 4 aromatic heterocycles. The predicted molar refractivity (Wildman–Crippen MR) is 113 cm³/mol. The van der Waals surface area contributed by atoms with Gasteiger partial charge < -0.3 is 4.42 Å². The lowest BCUT2D eigenvalue weighted by Gasteiger charge is -2.09. The molecule has 0 amide bonds. The van der Waals surface area contributed by atoms with Gasteiger partial charge in [0.15, 0.2) is 5.82 Å². The smallest absolute Gasteiger partial charge is 0.416 e. The Kier molecular flexibility index (Phi) is 4.83. The third kappa shape index (κ3) is 3.67. The molecule has 0 saturated heterocycles. The Balaban J connectivity index is 1.52. The zero-order valence-corrected chi connectivity index (χ0v) is 17.4. The van der Waals surface area contributed by atoms with E-state index in [4.69, 9.17) is 16.0 Å². The zero-order chi connectivity index (χ0) is 22.5. The molecule has 0 saturated carbocycles. The summed E-state index contributed by atoms with van der Waals surface area (Å²) in [6, 6.07) is 9.51. The predicted octanol–water partition coefficient (Wildman–Crippen LogP) is 4.69. The summed E-state index contributed by atoms with van der Waals surface area (Å²) in [6.07, 6.45) is 0.187. The molecule has 0 aliphatic rings. The van der Waals surface area contributed by atoms with E-state index in [0.717, 1.165) is 29.0 Å². The number of thiazole rings is 1. The quantitative estimate of drug-likeness (QED) is 0.379. The van der Waals surface area contributed by atoms with Crippen molar-refractivity contribution in [3.8, 4) is 22.7 Å². The van der Waals surface area contributed by atoms with Crippen molar-refractivity contribution in [3.63, 3.8) is 0 Å². The van der Waals surface area contributed by atoms with Gasteiger partial charge in [0, 0.05) is 29.6 Å². The Bertz CT molecular complexity index is 1560. The number of rotatable bonds is 3. The van der Waals surface area contributed by atoms with Crippen LogP contribution >= 0.6 is 22.9 Å². The lowest BCUT2D eigenvalue weighted by Crippen LogP contribution is -2.23. The van der Waals surface area contributed by atoms with Crippen molar-refractivity contribution in [1.29, 1.82) is 0 Å². The molecule has 0 fully saturated rings. The van der Waals surface area contributed by atoms with Gasteiger partial charge in [-0.3, -0.25) is 9.78 Å². The van der Waals surface area contributed by atoms with Crippen LogP contribution in [0.5, 0.6) is 0 Å². The molecule has 1 aromatic carbocycles. The number of fused-ring (bicyclic) bond motifs is 1. The molecule has 5 rings (SSSR count). The van der Waals surface area contributed by atoms with E-state index in [1.807, 2.05) is 0 Å². The molecule has 5 aromatic rings. The number of nitrogens with zero attached hydrogens (tertiary/aromatic N) is 4. The molecular formula is C21H10ClF3N4O2S. The minimum atomic E-state index is -4.51. The van der Waals surface area contributed by atoms with E-state index in [1.54, 1.807) is 30.6 Å². The van der Waals surface area contributed by atoms with Gasteiger partial charge in [0.05, 0.1) is 10.6 Å². The Morgan fingerprint density at radius 2 is 1.88 bits per heavy atom. The second-order valence-corrected chi connectivity index (χ2v) is 8.09. The largest absolute Gasteiger partial charge is 0.457 e.